The van der Waals surface area contributed by atoms with E-state index in [4.69, 9.17) is 4.74 Å². The van der Waals surface area contributed by atoms with E-state index in [0.29, 0.717) is 0 Å². The molecule has 0 saturated heterocycles. The minimum absolute atomic E-state index is 0.197. The molecule has 0 saturated carbocycles. The summed E-state index contributed by atoms with van der Waals surface area (Å²) in [5.41, 5.74) is 1.80. The number of ether oxygens (including phenoxy) is 1. The molecule has 0 aromatic heterocycles. The predicted molar refractivity (Wildman–Crippen MR) is 70.2 cm³/mol. The largest absolute Gasteiger partial charge is 0.459 e. The minimum atomic E-state index is -0.426. The van der Waals surface area contributed by atoms with E-state index >= 15 is 0 Å². The molecule has 3 nitrogen and oxygen atoms in total. The highest BCUT2D eigenvalue weighted by molar-refractivity contribution is 5.75. The number of anilines is 1. The Morgan fingerprint density at radius 3 is 2.29 bits per heavy atom. The highest BCUT2D eigenvalue weighted by Crippen LogP contribution is 2.11. The molecule has 0 fully saturated rings. The van der Waals surface area contributed by atoms with Crippen molar-refractivity contribution >= 4 is 11.7 Å². The Morgan fingerprint density at radius 2 is 1.82 bits per heavy atom. The number of rotatable bonds is 4. The summed E-state index contributed by atoms with van der Waals surface area (Å²) in [5.74, 6) is -0.239. The van der Waals surface area contributed by atoms with E-state index in [1.54, 1.807) is 0 Å². The molecule has 1 aromatic carbocycles. The van der Waals surface area contributed by atoms with Gasteiger partial charge in [-0.15, -0.1) is 0 Å². The van der Waals surface area contributed by atoms with Gasteiger partial charge in [-0.3, -0.25) is 4.79 Å². The summed E-state index contributed by atoms with van der Waals surface area (Å²) < 4.78 is 5.20. The molecule has 0 amide bonds. The van der Waals surface area contributed by atoms with E-state index < -0.39 is 5.60 Å². The Labute approximate surface area is 103 Å². The van der Waals surface area contributed by atoms with Crippen LogP contribution in [0.5, 0.6) is 0 Å². The molecule has 17 heavy (non-hydrogen) atoms. The van der Waals surface area contributed by atoms with Gasteiger partial charge >= 0.3 is 5.97 Å². The van der Waals surface area contributed by atoms with E-state index in [0.717, 1.165) is 12.1 Å². The number of benzene rings is 1. The summed E-state index contributed by atoms with van der Waals surface area (Å²) in [5, 5.41) is 3.04. The molecular weight excluding hydrogens is 214 g/mol. The zero-order valence-corrected chi connectivity index (χ0v) is 11.0. The van der Waals surface area contributed by atoms with Crippen molar-refractivity contribution in [2.24, 2.45) is 0 Å². The summed E-state index contributed by atoms with van der Waals surface area (Å²) in [6.45, 7) is 7.90. The quantitative estimate of drug-likeness (QED) is 0.815. The first kappa shape index (κ1) is 13.6. The Kier molecular flexibility index (Phi) is 4.55. The van der Waals surface area contributed by atoms with Crippen LogP contribution in [0.3, 0.4) is 0 Å². The maximum atomic E-state index is 11.5. The predicted octanol–water partition coefficient (Wildman–Crippen LogP) is 3.00. The van der Waals surface area contributed by atoms with Gasteiger partial charge in [0.05, 0.1) is 0 Å². The molecule has 0 heterocycles. The fourth-order valence-electron chi connectivity index (χ4n) is 1.41. The lowest BCUT2D eigenvalue weighted by molar-refractivity contribution is -0.152. The van der Waals surface area contributed by atoms with E-state index in [1.165, 1.54) is 5.56 Å². The van der Waals surface area contributed by atoms with Crippen LogP contribution < -0.4 is 5.32 Å². The number of hydrogen-bond donors (Lipinski definition) is 1. The maximum absolute atomic E-state index is 11.5. The molecule has 0 aliphatic heterocycles. The molecule has 1 rings (SSSR count). The number of hydrogen-bond acceptors (Lipinski definition) is 3. The zero-order chi connectivity index (χ0) is 12.9. The van der Waals surface area contributed by atoms with Crippen LogP contribution in [0.4, 0.5) is 5.69 Å². The second kappa shape index (κ2) is 5.71. The molecule has 1 aromatic rings. The molecule has 0 atom stereocenters. The average molecular weight is 235 g/mol. The molecule has 3 heteroatoms. The van der Waals surface area contributed by atoms with Crippen LogP contribution in [0.15, 0.2) is 24.3 Å². The number of esters is 1. The summed E-state index contributed by atoms with van der Waals surface area (Å²) in [6.07, 6.45) is 1.02. The van der Waals surface area contributed by atoms with Crippen molar-refractivity contribution in [3.63, 3.8) is 0 Å². The summed E-state index contributed by atoms with van der Waals surface area (Å²) in [6, 6.07) is 8.06. The number of carbonyl (C=O) groups is 1. The molecule has 0 radical (unpaired) electrons. The van der Waals surface area contributed by atoms with Crippen LogP contribution >= 0.6 is 0 Å². The average Bonchev–Trinajstić information content (AvgIpc) is 2.25. The summed E-state index contributed by atoms with van der Waals surface area (Å²) in [7, 11) is 0. The van der Waals surface area contributed by atoms with Crippen molar-refractivity contribution in [2.45, 2.75) is 39.7 Å². The lowest BCUT2D eigenvalue weighted by Gasteiger charge is -2.19. The van der Waals surface area contributed by atoms with Crippen LogP contribution in [-0.4, -0.2) is 18.1 Å². The fraction of sp³-hybridized carbons (Fsp3) is 0.500. The fourth-order valence-corrected chi connectivity index (χ4v) is 1.41. The minimum Gasteiger partial charge on any atom is -0.459 e. The van der Waals surface area contributed by atoms with E-state index in [2.05, 4.69) is 24.4 Å². The normalized spacial score (nSPS) is 11.1. The van der Waals surface area contributed by atoms with Crippen LogP contribution in [0, 0.1) is 0 Å². The van der Waals surface area contributed by atoms with Crippen molar-refractivity contribution in [2.75, 3.05) is 11.9 Å². The number of nitrogens with one attached hydrogen (secondary N) is 1. The lowest BCUT2D eigenvalue weighted by Crippen LogP contribution is -2.28. The molecule has 0 aliphatic rings. The van der Waals surface area contributed by atoms with Crippen LogP contribution in [0.25, 0.3) is 0 Å². The monoisotopic (exact) mass is 235 g/mol. The van der Waals surface area contributed by atoms with Gasteiger partial charge < -0.3 is 10.1 Å². The summed E-state index contributed by atoms with van der Waals surface area (Å²) in [4.78, 5) is 11.5. The molecule has 0 spiro atoms. The van der Waals surface area contributed by atoms with Crippen molar-refractivity contribution in [3.05, 3.63) is 29.8 Å². The van der Waals surface area contributed by atoms with Crippen molar-refractivity contribution < 1.29 is 9.53 Å². The molecule has 1 N–H and O–H groups in total. The van der Waals surface area contributed by atoms with E-state index in [1.807, 2.05) is 32.9 Å². The third kappa shape index (κ3) is 5.38. The van der Waals surface area contributed by atoms with Gasteiger partial charge in [0.15, 0.2) is 0 Å². The first-order chi connectivity index (χ1) is 7.90. The first-order valence-corrected chi connectivity index (χ1v) is 5.95. The van der Waals surface area contributed by atoms with Gasteiger partial charge in [-0.1, -0.05) is 19.1 Å². The first-order valence-electron chi connectivity index (χ1n) is 5.95. The smallest absolute Gasteiger partial charge is 0.325 e. The highest BCUT2D eigenvalue weighted by Gasteiger charge is 2.15. The van der Waals surface area contributed by atoms with Crippen molar-refractivity contribution in [1.29, 1.82) is 0 Å². The van der Waals surface area contributed by atoms with Crippen LogP contribution in [0.2, 0.25) is 0 Å². The van der Waals surface area contributed by atoms with Gasteiger partial charge in [-0.25, -0.2) is 0 Å². The Balaban J connectivity index is 2.42. The summed E-state index contributed by atoms with van der Waals surface area (Å²) >= 11 is 0. The number of aryl methyl sites for hydroxylation is 1. The number of carbonyl (C=O) groups excluding carboxylic acids is 1. The van der Waals surface area contributed by atoms with E-state index in [9.17, 15) is 4.79 Å². The molecule has 0 unspecified atom stereocenters. The standard InChI is InChI=1S/C14H21NO2/c1-5-11-6-8-12(9-7-11)15-10-13(16)17-14(2,3)4/h6-9,15H,5,10H2,1-4H3. The lowest BCUT2D eigenvalue weighted by atomic mass is 10.1. The third-order valence-electron chi connectivity index (χ3n) is 2.22. The van der Waals surface area contributed by atoms with Crippen LogP contribution in [0.1, 0.15) is 33.3 Å². The Hall–Kier alpha value is -1.51. The molecule has 0 bridgehead atoms. The molecular formula is C14H21NO2. The Morgan fingerprint density at radius 1 is 1.24 bits per heavy atom. The van der Waals surface area contributed by atoms with Gasteiger partial charge in [0, 0.05) is 5.69 Å². The zero-order valence-electron chi connectivity index (χ0n) is 11.0. The highest BCUT2D eigenvalue weighted by atomic mass is 16.6. The van der Waals surface area contributed by atoms with Crippen molar-refractivity contribution in [3.8, 4) is 0 Å². The van der Waals surface area contributed by atoms with Gasteiger partial charge in [0.2, 0.25) is 0 Å². The van der Waals surface area contributed by atoms with Crippen LogP contribution in [-0.2, 0) is 16.0 Å². The molecule has 0 aliphatic carbocycles. The van der Waals surface area contributed by atoms with Gasteiger partial charge in [0.1, 0.15) is 12.1 Å². The second-order valence-corrected chi connectivity index (χ2v) is 4.99. The SMILES string of the molecule is CCc1ccc(NCC(=O)OC(C)(C)C)cc1. The van der Waals surface area contributed by atoms with Crippen molar-refractivity contribution in [1.82, 2.24) is 0 Å². The van der Waals surface area contributed by atoms with Gasteiger partial charge in [-0.2, -0.15) is 0 Å². The second-order valence-electron chi connectivity index (χ2n) is 4.99. The molecule has 94 valence electrons. The maximum Gasteiger partial charge on any atom is 0.325 e. The van der Waals surface area contributed by atoms with Gasteiger partial charge in [0.25, 0.3) is 0 Å². The Bertz CT molecular complexity index is 363. The topological polar surface area (TPSA) is 38.3 Å². The van der Waals surface area contributed by atoms with Gasteiger partial charge in [-0.05, 0) is 44.9 Å². The third-order valence-corrected chi connectivity index (χ3v) is 2.22. The van der Waals surface area contributed by atoms with E-state index in [-0.39, 0.29) is 12.5 Å².